The van der Waals surface area contributed by atoms with Gasteiger partial charge < -0.3 is 10.4 Å². The second kappa shape index (κ2) is 6.04. The van der Waals surface area contributed by atoms with Gasteiger partial charge in [-0.2, -0.15) is 5.10 Å². The Morgan fingerprint density at radius 2 is 2.10 bits per heavy atom. The van der Waals surface area contributed by atoms with E-state index in [1.165, 1.54) is 0 Å². The molecule has 0 aliphatic rings. The summed E-state index contributed by atoms with van der Waals surface area (Å²) in [7, 11) is 1.73. The van der Waals surface area contributed by atoms with Crippen LogP contribution in [-0.4, -0.2) is 27.4 Å². The van der Waals surface area contributed by atoms with Gasteiger partial charge in [0.2, 0.25) is 0 Å². The molecule has 2 N–H and O–H groups in total. The highest BCUT2D eigenvalue weighted by molar-refractivity contribution is 6.03. The molecule has 0 fully saturated rings. The molecule has 0 aliphatic carbocycles. The van der Waals surface area contributed by atoms with Crippen molar-refractivity contribution in [1.29, 1.82) is 0 Å². The summed E-state index contributed by atoms with van der Waals surface area (Å²) >= 11 is 0. The third-order valence-corrected chi connectivity index (χ3v) is 2.69. The Hall–Kier alpha value is -2.58. The zero-order valence-electron chi connectivity index (χ0n) is 11.3. The molecule has 0 bridgehead atoms. The molecule has 0 unspecified atom stereocenters. The fraction of sp³-hybridized carbons (Fsp3) is 0.200. The molecule has 1 amide bonds. The molecule has 0 atom stereocenters. The van der Waals surface area contributed by atoms with Gasteiger partial charge in [0.05, 0.1) is 5.69 Å². The maximum atomic E-state index is 12.1. The van der Waals surface area contributed by atoms with Crippen LogP contribution in [0.2, 0.25) is 0 Å². The Morgan fingerprint density at radius 1 is 1.40 bits per heavy atom. The number of hydrogen-bond acceptors (Lipinski definition) is 3. The third-order valence-electron chi connectivity index (χ3n) is 2.69. The second-order valence-corrected chi connectivity index (χ2v) is 4.29. The first-order valence-corrected chi connectivity index (χ1v) is 6.12. The fourth-order valence-corrected chi connectivity index (χ4v) is 1.80. The van der Waals surface area contributed by atoms with Gasteiger partial charge in [-0.3, -0.25) is 9.48 Å². The van der Waals surface area contributed by atoms with Crippen LogP contribution >= 0.6 is 0 Å². The molecule has 5 nitrogen and oxygen atoms in total. The monoisotopic (exact) mass is 269 g/mol. The summed E-state index contributed by atoms with van der Waals surface area (Å²) in [6.07, 6.45) is 0. The highest BCUT2D eigenvalue weighted by Crippen LogP contribution is 2.11. The smallest absolute Gasteiger partial charge is 0.273 e. The minimum atomic E-state index is -0.206. The molecule has 2 aromatic rings. The average molecular weight is 269 g/mol. The van der Waals surface area contributed by atoms with Gasteiger partial charge >= 0.3 is 0 Å². The largest absolute Gasteiger partial charge is 0.384 e. The van der Waals surface area contributed by atoms with Crippen LogP contribution in [0.4, 0.5) is 5.69 Å². The number of nitrogens with zero attached hydrogens (tertiary/aromatic N) is 2. The van der Waals surface area contributed by atoms with Crippen molar-refractivity contribution in [2.24, 2.45) is 7.05 Å². The van der Waals surface area contributed by atoms with Gasteiger partial charge in [0.15, 0.2) is 0 Å². The lowest BCUT2D eigenvalue weighted by molar-refractivity contribution is 0.101. The maximum absolute atomic E-state index is 12.1. The Labute approximate surface area is 117 Å². The van der Waals surface area contributed by atoms with Crippen molar-refractivity contribution >= 4 is 11.6 Å². The van der Waals surface area contributed by atoms with E-state index < -0.39 is 0 Å². The Kier molecular flexibility index (Phi) is 4.18. The predicted molar refractivity (Wildman–Crippen MR) is 76.3 cm³/mol. The minimum absolute atomic E-state index is 0.168. The van der Waals surface area contributed by atoms with Crippen LogP contribution in [-0.2, 0) is 7.05 Å². The summed E-state index contributed by atoms with van der Waals surface area (Å²) in [6, 6.07) is 8.83. The lowest BCUT2D eigenvalue weighted by atomic mass is 10.2. The first kappa shape index (κ1) is 13.8. The number of aliphatic hydroxyl groups is 1. The van der Waals surface area contributed by atoms with Crippen molar-refractivity contribution in [2.75, 3.05) is 11.9 Å². The lowest BCUT2D eigenvalue weighted by Crippen LogP contribution is -2.15. The maximum Gasteiger partial charge on any atom is 0.273 e. The van der Waals surface area contributed by atoms with E-state index in [0.29, 0.717) is 11.4 Å². The number of aryl methyl sites for hydroxylation is 2. The van der Waals surface area contributed by atoms with E-state index in [4.69, 9.17) is 5.11 Å². The minimum Gasteiger partial charge on any atom is -0.384 e. The van der Waals surface area contributed by atoms with Crippen LogP contribution in [0.15, 0.2) is 30.3 Å². The predicted octanol–water partition coefficient (Wildman–Crippen LogP) is 1.32. The molecule has 1 aromatic carbocycles. The highest BCUT2D eigenvalue weighted by Gasteiger charge is 2.11. The van der Waals surface area contributed by atoms with Gasteiger partial charge in [0.25, 0.3) is 5.91 Å². The molecule has 0 spiro atoms. The molecule has 0 aliphatic heterocycles. The van der Waals surface area contributed by atoms with Gasteiger partial charge in [0.1, 0.15) is 12.3 Å². The highest BCUT2D eigenvalue weighted by atomic mass is 16.2. The van der Waals surface area contributed by atoms with Crippen LogP contribution in [0, 0.1) is 18.8 Å². The van der Waals surface area contributed by atoms with Crippen LogP contribution < -0.4 is 5.32 Å². The van der Waals surface area contributed by atoms with Crippen LogP contribution in [0.1, 0.15) is 21.7 Å². The summed E-state index contributed by atoms with van der Waals surface area (Å²) < 4.78 is 1.55. The molecule has 0 saturated carbocycles. The number of aliphatic hydroxyl groups excluding tert-OH is 1. The number of anilines is 1. The van der Waals surface area contributed by atoms with E-state index in [1.54, 1.807) is 42.1 Å². The first-order valence-electron chi connectivity index (χ1n) is 6.12. The molecule has 0 saturated heterocycles. The van der Waals surface area contributed by atoms with Gasteiger partial charge in [-0.15, -0.1) is 0 Å². The number of hydrogen-bond donors (Lipinski definition) is 2. The quantitative estimate of drug-likeness (QED) is 0.808. The van der Waals surface area contributed by atoms with Crippen LogP contribution in [0.25, 0.3) is 0 Å². The van der Waals surface area contributed by atoms with E-state index in [0.717, 1.165) is 11.3 Å². The molecule has 1 aromatic heterocycles. The molecule has 0 radical (unpaired) electrons. The summed E-state index contributed by atoms with van der Waals surface area (Å²) in [4.78, 5) is 12.1. The number of benzene rings is 1. The molecule has 102 valence electrons. The van der Waals surface area contributed by atoms with Crippen molar-refractivity contribution in [3.63, 3.8) is 0 Å². The molecular formula is C15H15N3O2. The topological polar surface area (TPSA) is 67.2 Å². The number of carbonyl (C=O) groups excluding carboxylic acids is 1. The van der Waals surface area contributed by atoms with Crippen molar-refractivity contribution < 1.29 is 9.90 Å². The molecule has 5 heteroatoms. The Bertz CT molecular complexity index is 675. The number of carbonyl (C=O) groups is 1. The Morgan fingerprint density at radius 3 is 2.65 bits per heavy atom. The molecular weight excluding hydrogens is 254 g/mol. The summed E-state index contributed by atoms with van der Waals surface area (Å²) in [5.41, 5.74) is 2.77. The first-order chi connectivity index (χ1) is 9.60. The number of amides is 1. The summed E-state index contributed by atoms with van der Waals surface area (Å²) in [5, 5.41) is 15.6. The van der Waals surface area contributed by atoms with Crippen molar-refractivity contribution in [2.45, 2.75) is 6.92 Å². The Balaban J connectivity index is 2.10. The zero-order valence-corrected chi connectivity index (χ0v) is 11.3. The van der Waals surface area contributed by atoms with E-state index in [2.05, 4.69) is 22.3 Å². The number of rotatable bonds is 2. The van der Waals surface area contributed by atoms with E-state index in [1.807, 2.05) is 6.92 Å². The van der Waals surface area contributed by atoms with E-state index >= 15 is 0 Å². The number of aromatic nitrogens is 2. The summed E-state index contributed by atoms with van der Waals surface area (Å²) in [5.74, 6) is 5.15. The number of nitrogens with one attached hydrogen (secondary N) is 1. The van der Waals surface area contributed by atoms with E-state index in [9.17, 15) is 4.79 Å². The molecule has 1 heterocycles. The fourth-order valence-electron chi connectivity index (χ4n) is 1.80. The normalized spacial score (nSPS) is 9.75. The van der Waals surface area contributed by atoms with Gasteiger partial charge in [-0.05, 0) is 37.3 Å². The van der Waals surface area contributed by atoms with Crippen molar-refractivity contribution in [3.8, 4) is 11.8 Å². The van der Waals surface area contributed by atoms with Gasteiger partial charge in [0, 0.05) is 18.3 Å². The van der Waals surface area contributed by atoms with Gasteiger partial charge in [-0.1, -0.05) is 11.8 Å². The van der Waals surface area contributed by atoms with Crippen LogP contribution in [0.5, 0.6) is 0 Å². The summed E-state index contributed by atoms with van der Waals surface area (Å²) in [6.45, 7) is 1.67. The lowest BCUT2D eigenvalue weighted by Gasteiger charge is -2.05. The third kappa shape index (κ3) is 3.25. The molecule has 20 heavy (non-hydrogen) atoms. The van der Waals surface area contributed by atoms with Crippen molar-refractivity contribution in [3.05, 3.63) is 47.3 Å². The average Bonchev–Trinajstić information content (AvgIpc) is 2.77. The zero-order chi connectivity index (χ0) is 14.5. The SMILES string of the molecule is Cc1cc(C(=O)Nc2ccc(C#CCO)cc2)n(C)n1. The van der Waals surface area contributed by atoms with E-state index in [-0.39, 0.29) is 12.5 Å². The standard InChI is InChI=1S/C15H15N3O2/c1-11-10-14(18(2)17-11)15(20)16-13-7-5-12(6-8-13)4-3-9-19/h5-8,10,19H,9H2,1-2H3,(H,16,20). The van der Waals surface area contributed by atoms with Gasteiger partial charge in [-0.25, -0.2) is 0 Å². The molecule has 2 rings (SSSR count). The van der Waals surface area contributed by atoms with Crippen LogP contribution in [0.3, 0.4) is 0 Å². The second-order valence-electron chi connectivity index (χ2n) is 4.29. The van der Waals surface area contributed by atoms with Crippen molar-refractivity contribution in [1.82, 2.24) is 9.78 Å².